The molecule has 1 heterocycles. The van der Waals surface area contributed by atoms with E-state index in [2.05, 4.69) is 20.9 Å². The van der Waals surface area contributed by atoms with Gasteiger partial charge in [0.1, 0.15) is 10.8 Å². The molecule has 98 valence electrons. The molecule has 0 saturated heterocycles. The summed E-state index contributed by atoms with van der Waals surface area (Å²) in [5, 5.41) is 12.0. The van der Waals surface area contributed by atoms with Crippen LogP contribution in [0.2, 0.25) is 10.2 Å². The highest BCUT2D eigenvalue weighted by Crippen LogP contribution is 2.41. The van der Waals surface area contributed by atoms with Crippen LogP contribution in [0.1, 0.15) is 5.69 Å². The van der Waals surface area contributed by atoms with Crippen LogP contribution in [0.5, 0.6) is 0 Å². The summed E-state index contributed by atoms with van der Waals surface area (Å²) in [4.78, 5) is 14.7. The van der Waals surface area contributed by atoms with Gasteiger partial charge in [0.05, 0.1) is 15.0 Å². The zero-order valence-corrected chi connectivity index (χ0v) is 12.8. The molecule has 0 aliphatic carbocycles. The number of aromatic nitrogens is 1. The van der Waals surface area contributed by atoms with E-state index in [1.807, 2.05) is 0 Å². The normalized spacial score (nSPS) is 10.5. The van der Waals surface area contributed by atoms with Crippen LogP contribution in [0.3, 0.4) is 0 Å². The van der Waals surface area contributed by atoms with Gasteiger partial charge in [0.15, 0.2) is 0 Å². The van der Waals surface area contributed by atoms with Gasteiger partial charge in [-0.05, 0) is 40.5 Å². The third kappa shape index (κ3) is 2.73. The Bertz CT molecular complexity index is 660. The van der Waals surface area contributed by atoms with E-state index in [0.29, 0.717) is 20.6 Å². The largest absolute Gasteiger partial charge is 0.299 e. The Morgan fingerprint density at radius 2 is 1.84 bits per heavy atom. The minimum Gasteiger partial charge on any atom is -0.258 e. The molecule has 0 N–H and O–H groups in total. The topological polar surface area (TPSA) is 56.0 Å². The lowest BCUT2D eigenvalue weighted by Crippen LogP contribution is -1.99. The Hall–Kier alpha value is -1.17. The molecule has 0 aliphatic rings. The van der Waals surface area contributed by atoms with Crippen LogP contribution >= 0.6 is 39.1 Å². The predicted molar refractivity (Wildman–Crippen MR) is 78.8 cm³/mol. The van der Waals surface area contributed by atoms with E-state index < -0.39 is 4.92 Å². The molecule has 7 heteroatoms. The molecule has 0 aliphatic heterocycles. The summed E-state index contributed by atoms with van der Waals surface area (Å²) >= 11 is 15.0. The molecule has 0 fully saturated rings. The maximum Gasteiger partial charge on any atom is 0.299 e. The van der Waals surface area contributed by atoms with Gasteiger partial charge in [-0.3, -0.25) is 10.1 Å². The molecular weight excluding hydrogens is 355 g/mol. The number of pyridine rings is 1. The van der Waals surface area contributed by atoms with Crippen LogP contribution in [0.15, 0.2) is 28.7 Å². The Morgan fingerprint density at radius 1 is 1.26 bits per heavy atom. The first kappa shape index (κ1) is 14.2. The molecule has 1 aromatic heterocycles. The first-order valence-corrected chi connectivity index (χ1v) is 6.72. The van der Waals surface area contributed by atoms with Crippen molar-refractivity contribution in [2.45, 2.75) is 6.92 Å². The standard InChI is InChI=1S/C12H7BrCl2N2O2/c1-6-11(17(18)19)9(10(13)12(15)16-6)7-2-4-8(14)5-3-7/h2-5H,1H3. The highest BCUT2D eigenvalue weighted by atomic mass is 79.9. The molecule has 0 unspecified atom stereocenters. The van der Waals surface area contributed by atoms with Crippen LogP contribution in [0.25, 0.3) is 11.1 Å². The average molecular weight is 362 g/mol. The van der Waals surface area contributed by atoms with Crippen molar-refractivity contribution in [2.75, 3.05) is 0 Å². The van der Waals surface area contributed by atoms with E-state index in [1.165, 1.54) is 0 Å². The fourth-order valence-electron chi connectivity index (χ4n) is 1.74. The monoisotopic (exact) mass is 360 g/mol. The quantitative estimate of drug-likeness (QED) is 0.428. The van der Waals surface area contributed by atoms with E-state index in [0.717, 1.165) is 0 Å². The van der Waals surface area contributed by atoms with E-state index in [4.69, 9.17) is 23.2 Å². The van der Waals surface area contributed by atoms with Crippen molar-refractivity contribution in [2.24, 2.45) is 0 Å². The molecule has 0 saturated carbocycles. The van der Waals surface area contributed by atoms with Crippen molar-refractivity contribution in [3.8, 4) is 11.1 Å². The molecule has 2 aromatic rings. The highest BCUT2D eigenvalue weighted by molar-refractivity contribution is 9.10. The fourth-order valence-corrected chi connectivity index (χ4v) is 2.59. The number of nitrogens with zero attached hydrogens (tertiary/aromatic N) is 2. The molecule has 0 spiro atoms. The Labute approximate surface area is 127 Å². The second kappa shape index (κ2) is 5.45. The van der Waals surface area contributed by atoms with Crippen molar-refractivity contribution in [3.63, 3.8) is 0 Å². The van der Waals surface area contributed by atoms with Crippen molar-refractivity contribution in [1.82, 2.24) is 4.98 Å². The summed E-state index contributed by atoms with van der Waals surface area (Å²) < 4.78 is 0.397. The van der Waals surface area contributed by atoms with E-state index >= 15 is 0 Å². The Morgan fingerprint density at radius 3 is 2.37 bits per heavy atom. The molecule has 0 atom stereocenters. The molecule has 2 rings (SSSR count). The number of hydrogen-bond donors (Lipinski definition) is 0. The molecule has 4 nitrogen and oxygen atoms in total. The molecule has 0 bridgehead atoms. The second-order valence-corrected chi connectivity index (χ2v) is 5.38. The van der Waals surface area contributed by atoms with Gasteiger partial charge < -0.3 is 0 Å². The van der Waals surface area contributed by atoms with E-state index in [9.17, 15) is 10.1 Å². The zero-order chi connectivity index (χ0) is 14.2. The number of nitro groups is 1. The lowest BCUT2D eigenvalue weighted by molar-refractivity contribution is -0.385. The molecule has 0 radical (unpaired) electrons. The number of benzene rings is 1. The number of aryl methyl sites for hydroxylation is 1. The summed E-state index contributed by atoms with van der Waals surface area (Å²) in [6, 6.07) is 6.73. The fraction of sp³-hybridized carbons (Fsp3) is 0.0833. The summed E-state index contributed by atoms with van der Waals surface area (Å²) in [6.45, 7) is 1.55. The van der Waals surface area contributed by atoms with Crippen LogP contribution in [0.4, 0.5) is 5.69 Å². The van der Waals surface area contributed by atoms with Gasteiger partial charge in [0.2, 0.25) is 0 Å². The third-order valence-electron chi connectivity index (χ3n) is 2.56. The van der Waals surface area contributed by atoms with Gasteiger partial charge in [-0.2, -0.15) is 0 Å². The van der Waals surface area contributed by atoms with Gasteiger partial charge in [0.25, 0.3) is 5.69 Å². The van der Waals surface area contributed by atoms with Crippen LogP contribution in [-0.2, 0) is 0 Å². The summed E-state index contributed by atoms with van der Waals surface area (Å²) in [5.41, 5.74) is 1.25. The predicted octanol–water partition coefficient (Wildman–Crippen LogP) is 5.03. The zero-order valence-electron chi connectivity index (χ0n) is 9.65. The summed E-state index contributed by atoms with van der Waals surface area (Å²) in [5.74, 6) is 0. The first-order valence-electron chi connectivity index (χ1n) is 5.17. The lowest BCUT2D eigenvalue weighted by Gasteiger charge is -2.09. The molecule has 19 heavy (non-hydrogen) atoms. The van der Waals surface area contributed by atoms with E-state index in [1.54, 1.807) is 31.2 Å². The van der Waals surface area contributed by atoms with Gasteiger partial charge in [-0.15, -0.1) is 0 Å². The molecular formula is C12H7BrCl2N2O2. The smallest absolute Gasteiger partial charge is 0.258 e. The maximum absolute atomic E-state index is 11.2. The van der Waals surface area contributed by atoms with Gasteiger partial charge in [-0.25, -0.2) is 4.98 Å². The SMILES string of the molecule is Cc1nc(Cl)c(Br)c(-c2ccc(Cl)cc2)c1[N+](=O)[O-]. The lowest BCUT2D eigenvalue weighted by atomic mass is 10.0. The average Bonchev–Trinajstić information content (AvgIpc) is 2.34. The summed E-state index contributed by atoms with van der Waals surface area (Å²) in [7, 11) is 0. The van der Waals surface area contributed by atoms with Gasteiger partial charge in [-0.1, -0.05) is 35.3 Å². The minimum absolute atomic E-state index is 0.0707. The maximum atomic E-state index is 11.2. The summed E-state index contributed by atoms with van der Waals surface area (Å²) in [6.07, 6.45) is 0. The van der Waals surface area contributed by atoms with E-state index in [-0.39, 0.29) is 16.5 Å². The number of rotatable bonds is 2. The van der Waals surface area contributed by atoms with Crippen LogP contribution in [0, 0.1) is 17.0 Å². The van der Waals surface area contributed by atoms with Crippen LogP contribution in [-0.4, -0.2) is 9.91 Å². The van der Waals surface area contributed by atoms with Gasteiger partial charge in [0, 0.05) is 5.02 Å². The number of hydrogen-bond acceptors (Lipinski definition) is 3. The highest BCUT2D eigenvalue weighted by Gasteiger charge is 2.25. The minimum atomic E-state index is -0.465. The van der Waals surface area contributed by atoms with Crippen molar-refractivity contribution >= 4 is 44.8 Å². The molecule has 0 amide bonds. The Kier molecular flexibility index (Phi) is 4.08. The van der Waals surface area contributed by atoms with Crippen molar-refractivity contribution in [3.05, 3.63) is 54.7 Å². The van der Waals surface area contributed by atoms with Crippen molar-refractivity contribution < 1.29 is 4.92 Å². The van der Waals surface area contributed by atoms with Gasteiger partial charge >= 0.3 is 0 Å². The Balaban J connectivity index is 2.80. The number of halogens is 3. The van der Waals surface area contributed by atoms with Crippen molar-refractivity contribution in [1.29, 1.82) is 0 Å². The second-order valence-electron chi connectivity index (χ2n) is 3.79. The van der Waals surface area contributed by atoms with Crippen LogP contribution < -0.4 is 0 Å². The third-order valence-corrected chi connectivity index (χ3v) is 4.09. The first-order chi connectivity index (χ1) is 8.91. The molecule has 1 aromatic carbocycles.